The molecule has 0 spiro atoms. The second-order valence-corrected chi connectivity index (χ2v) is 14.2. The van der Waals surface area contributed by atoms with Crippen molar-refractivity contribution in [3.8, 4) is 0 Å². The van der Waals surface area contributed by atoms with E-state index in [1.54, 1.807) is 0 Å². The van der Waals surface area contributed by atoms with Gasteiger partial charge in [0, 0.05) is 0 Å². The minimum Gasteiger partial charge on any atom is -0.393 e. The molecule has 0 aromatic heterocycles. The van der Waals surface area contributed by atoms with Crippen molar-refractivity contribution in [2.45, 2.75) is 112 Å². The van der Waals surface area contributed by atoms with Crippen molar-refractivity contribution in [3.63, 3.8) is 0 Å². The van der Waals surface area contributed by atoms with Gasteiger partial charge in [0.15, 0.2) is 0 Å². The van der Waals surface area contributed by atoms with Crippen molar-refractivity contribution in [1.29, 1.82) is 0 Å². The maximum absolute atomic E-state index is 11.4. The molecule has 0 amide bonds. The van der Waals surface area contributed by atoms with E-state index < -0.39 is 0 Å². The lowest BCUT2D eigenvalue weighted by molar-refractivity contribution is -0.0982. The number of aliphatic hydroxyl groups is 2. The van der Waals surface area contributed by atoms with E-state index in [4.69, 9.17) is 0 Å². The molecule has 0 unspecified atom stereocenters. The molecule has 2 nitrogen and oxygen atoms in total. The van der Waals surface area contributed by atoms with E-state index in [9.17, 15) is 10.2 Å². The van der Waals surface area contributed by atoms with E-state index in [0.29, 0.717) is 28.6 Å². The van der Waals surface area contributed by atoms with Gasteiger partial charge in [-0.3, -0.25) is 0 Å². The second kappa shape index (κ2) is 7.58. The zero-order valence-electron chi connectivity index (χ0n) is 21.9. The predicted octanol–water partition coefficient (Wildman–Crippen LogP) is 6.85. The molecule has 0 aromatic rings. The van der Waals surface area contributed by atoms with Crippen LogP contribution >= 0.6 is 0 Å². The first kappa shape index (κ1) is 23.4. The van der Waals surface area contributed by atoms with Gasteiger partial charge in [-0.15, -0.1) is 0 Å². The Labute approximate surface area is 197 Å². The fourth-order valence-electron chi connectivity index (χ4n) is 10.3. The first-order valence-corrected chi connectivity index (χ1v) is 14.0. The lowest BCUT2D eigenvalue weighted by atomic mass is 9.46. The molecule has 182 valence electrons. The third kappa shape index (κ3) is 3.17. The summed E-state index contributed by atoms with van der Waals surface area (Å²) in [5.74, 6) is 5.78. The number of fused-ring (bicyclic) bond motifs is 5. The summed E-state index contributed by atoms with van der Waals surface area (Å²) in [4.78, 5) is 0. The number of rotatable bonds is 4. The Morgan fingerprint density at radius 1 is 0.875 bits per heavy atom. The van der Waals surface area contributed by atoms with Gasteiger partial charge in [-0.1, -0.05) is 60.1 Å². The molecule has 0 heterocycles. The zero-order chi connectivity index (χ0) is 23.2. The Hall–Kier alpha value is -0.340. The normalized spacial score (nSPS) is 54.3. The summed E-state index contributed by atoms with van der Waals surface area (Å²) in [6.45, 7) is 17.5. The van der Waals surface area contributed by atoms with Gasteiger partial charge in [-0.2, -0.15) is 0 Å². The summed E-state index contributed by atoms with van der Waals surface area (Å²) in [7, 11) is 0. The molecular formula is C30H50O2. The van der Waals surface area contributed by atoms with E-state index in [2.05, 4.69) is 54.5 Å². The van der Waals surface area contributed by atoms with Crippen molar-refractivity contribution in [3.05, 3.63) is 11.6 Å². The van der Waals surface area contributed by atoms with E-state index in [1.165, 1.54) is 37.7 Å². The first-order valence-electron chi connectivity index (χ1n) is 14.0. The summed E-state index contributed by atoms with van der Waals surface area (Å²) < 4.78 is 0. The van der Waals surface area contributed by atoms with E-state index in [-0.39, 0.29) is 17.6 Å². The van der Waals surface area contributed by atoms with Gasteiger partial charge in [-0.05, 0) is 115 Å². The quantitative estimate of drug-likeness (QED) is 0.467. The molecule has 5 rings (SSSR count). The molecule has 4 saturated carbocycles. The van der Waals surface area contributed by atoms with Gasteiger partial charge in [0.2, 0.25) is 0 Å². The van der Waals surface area contributed by atoms with Crippen molar-refractivity contribution in [2.75, 3.05) is 0 Å². The van der Waals surface area contributed by atoms with Crippen LogP contribution in [-0.2, 0) is 0 Å². The van der Waals surface area contributed by atoms with E-state index in [0.717, 1.165) is 48.9 Å². The monoisotopic (exact) mass is 442 g/mol. The molecule has 12 atom stereocenters. The largest absolute Gasteiger partial charge is 0.393 e. The van der Waals surface area contributed by atoms with E-state index >= 15 is 0 Å². The Kier molecular flexibility index (Phi) is 5.54. The van der Waals surface area contributed by atoms with Gasteiger partial charge in [0.05, 0.1) is 12.2 Å². The Bertz CT molecular complexity index is 771. The van der Waals surface area contributed by atoms with Crippen LogP contribution in [0, 0.1) is 63.6 Å². The average molecular weight is 443 g/mol. The third-order valence-corrected chi connectivity index (χ3v) is 12.8. The van der Waals surface area contributed by atoms with E-state index in [1.807, 2.05) is 0 Å². The molecule has 0 radical (unpaired) electrons. The van der Waals surface area contributed by atoms with Crippen LogP contribution in [0.25, 0.3) is 0 Å². The highest BCUT2D eigenvalue weighted by molar-refractivity contribution is 5.28. The van der Waals surface area contributed by atoms with Gasteiger partial charge < -0.3 is 10.2 Å². The molecule has 5 aliphatic carbocycles. The highest BCUT2D eigenvalue weighted by Crippen LogP contribution is 2.71. The first-order chi connectivity index (χ1) is 14.9. The SMILES string of the molecule is CC(C)[C@@H](C)[C@@]1(C)C[C@@H]1[C@@H](C)[C@H]1CC[C@H]2[C@@H]3[C@H](O)C=C4C[C@@H](O)CC[C@]4(C)[C@H]3CC[C@]12C. The van der Waals surface area contributed by atoms with Crippen LogP contribution < -0.4 is 0 Å². The van der Waals surface area contributed by atoms with Crippen LogP contribution in [0.4, 0.5) is 0 Å². The van der Waals surface area contributed by atoms with Crippen LogP contribution in [0.5, 0.6) is 0 Å². The maximum Gasteiger partial charge on any atom is 0.0757 e. The molecule has 0 saturated heterocycles. The molecule has 5 aliphatic rings. The summed E-state index contributed by atoms with van der Waals surface area (Å²) in [6.07, 6.45) is 11.2. The highest BCUT2D eigenvalue weighted by Gasteiger charge is 2.64. The topological polar surface area (TPSA) is 40.5 Å². The number of aliphatic hydroxyl groups excluding tert-OH is 2. The van der Waals surface area contributed by atoms with Gasteiger partial charge in [0.25, 0.3) is 0 Å². The Morgan fingerprint density at radius 3 is 2.28 bits per heavy atom. The van der Waals surface area contributed by atoms with Gasteiger partial charge >= 0.3 is 0 Å². The summed E-state index contributed by atoms with van der Waals surface area (Å²) in [5, 5.41) is 21.7. The summed E-state index contributed by atoms with van der Waals surface area (Å²) in [5.41, 5.74) is 2.50. The minimum atomic E-state index is -0.306. The standard InChI is InChI=1S/C30H50O2/c1-17(2)19(4)30(7)16-25(30)18(3)22-8-9-23-27-24(11-13-29(22,23)6)28(5)12-10-21(31)14-20(28)15-26(27)32/h15,17-19,21-27,31-32H,8-14,16H2,1-7H3/t18-,19+,21-,22+,23-,24-,25+,26+,27-,28-,29+,30+/m0/s1. The lowest BCUT2D eigenvalue weighted by Crippen LogP contribution is -2.55. The molecule has 2 N–H and O–H groups in total. The summed E-state index contributed by atoms with van der Waals surface area (Å²) in [6, 6.07) is 0. The molecular weight excluding hydrogens is 392 g/mol. The van der Waals surface area contributed by atoms with Crippen LogP contribution in [0.3, 0.4) is 0 Å². The second-order valence-electron chi connectivity index (χ2n) is 14.2. The fourth-order valence-corrected chi connectivity index (χ4v) is 10.3. The molecule has 0 bridgehead atoms. The Morgan fingerprint density at radius 2 is 1.59 bits per heavy atom. The van der Waals surface area contributed by atoms with Crippen LogP contribution in [0.15, 0.2) is 11.6 Å². The van der Waals surface area contributed by atoms with Gasteiger partial charge in [-0.25, -0.2) is 0 Å². The smallest absolute Gasteiger partial charge is 0.0757 e. The molecule has 4 fully saturated rings. The number of hydrogen-bond donors (Lipinski definition) is 2. The van der Waals surface area contributed by atoms with Crippen molar-refractivity contribution in [1.82, 2.24) is 0 Å². The average Bonchev–Trinajstić information content (AvgIpc) is 3.30. The van der Waals surface area contributed by atoms with Crippen molar-refractivity contribution >= 4 is 0 Å². The third-order valence-electron chi connectivity index (χ3n) is 12.8. The summed E-state index contributed by atoms with van der Waals surface area (Å²) >= 11 is 0. The van der Waals surface area contributed by atoms with Crippen molar-refractivity contribution in [2.24, 2.45) is 63.6 Å². The molecule has 32 heavy (non-hydrogen) atoms. The molecule has 0 aliphatic heterocycles. The van der Waals surface area contributed by atoms with Crippen LogP contribution in [-0.4, -0.2) is 22.4 Å². The predicted molar refractivity (Wildman–Crippen MR) is 132 cm³/mol. The number of hydrogen-bond acceptors (Lipinski definition) is 2. The highest BCUT2D eigenvalue weighted by atomic mass is 16.3. The minimum absolute atomic E-state index is 0.204. The van der Waals surface area contributed by atoms with Crippen molar-refractivity contribution < 1.29 is 10.2 Å². The Balaban J connectivity index is 1.38. The fraction of sp³-hybridized carbons (Fsp3) is 0.933. The lowest BCUT2D eigenvalue weighted by Gasteiger charge is -2.59. The zero-order valence-corrected chi connectivity index (χ0v) is 21.9. The van der Waals surface area contributed by atoms with Crippen LogP contribution in [0.1, 0.15) is 99.8 Å². The maximum atomic E-state index is 11.4. The van der Waals surface area contributed by atoms with Crippen LogP contribution in [0.2, 0.25) is 0 Å². The molecule has 0 aromatic carbocycles. The van der Waals surface area contributed by atoms with Gasteiger partial charge in [0.1, 0.15) is 0 Å². The molecule has 2 heteroatoms.